The number of nitrogens with one attached hydrogen (secondary N) is 3. The quantitative estimate of drug-likeness (QED) is 0.106. The van der Waals surface area contributed by atoms with Crippen molar-refractivity contribution in [1.82, 2.24) is 24.8 Å². The summed E-state index contributed by atoms with van der Waals surface area (Å²) in [7, 11) is 1.34. The van der Waals surface area contributed by atoms with Crippen LogP contribution in [0.25, 0.3) is 4.85 Å². The Hall–Kier alpha value is -5.72. The van der Waals surface area contributed by atoms with Crippen LogP contribution in [-0.2, 0) is 33.7 Å². The SMILES string of the molecule is S.[C-]#[N+]c1ccc(C[C@H](Nc2nc(NCC3=Nc4cc(C)ccc4C3)nc(Nc3cccc(CN4CCN(C(=O)OC(C)(C)C)CC4)c3)n2)C(=O)OC)cc1. The average Bonchev–Trinajstić information content (AvgIpc) is 3.55. The molecule has 0 saturated carbocycles. The highest BCUT2D eigenvalue weighted by Crippen LogP contribution is 2.28. The van der Waals surface area contributed by atoms with Crippen molar-refractivity contribution in [2.24, 2.45) is 4.99 Å². The minimum Gasteiger partial charge on any atom is -0.467 e. The molecule has 4 aromatic rings. The molecule has 3 N–H and O–H groups in total. The molecule has 0 spiro atoms. The second-order valence-electron chi connectivity index (χ2n) is 14.4. The third kappa shape index (κ3) is 11.4. The highest BCUT2D eigenvalue weighted by Gasteiger charge is 2.26. The molecule has 288 valence electrons. The molecular weight excluding hydrogens is 717 g/mol. The number of carbonyl (C=O) groups excluding carboxylic acids is 2. The Balaban J connectivity index is 0.00000580. The maximum absolute atomic E-state index is 13.0. The fourth-order valence-corrected chi connectivity index (χ4v) is 6.20. The maximum atomic E-state index is 13.0. The lowest BCUT2D eigenvalue weighted by Gasteiger charge is -2.35. The molecule has 2 aliphatic rings. The van der Waals surface area contributed by atoms with Crippen molar-refractivity contribution < 1.29 is 19.1 Å². The molecule has 0 unspecified atom stereocenters. The number of aromatic nitrogens is 3. The summed E-state index contributed by atoms with van der Waals surface area (Å²) in [5.41, 5.74) is 6.95. The van der Waals surface area contributed by atoms with E-state index in [1.165, 1.54) is 12.7 Å². The number of anilines is 4. The maximum Gasteiger partial charge on any atom is 0.410 e. The summed E-state index contributed by atoms with van der Waals surface area (Å²) in [4.78, 5) is 51.8. The zero-order chi connectivity index (χ0) is 38.2. The number of benzene rings is 3. The fraction of sp³-hybridized carbons (Fsp3) is 0.375. The summed E-state index contributed by atoms with van der Waals surface area (Å²) >= 11 is 0. The van der Waals surface area contributed by atoms with E-state index in [0.717, 1.165) is 53.3 Å². The van der Waals surface area contributed by atoms with Gasteiger partial charge in [0.25, 0.3) is 0 Å². The van der Waals surface area contributed by atoms with Crippen molar-refractivity contribution in [2.75, 3.05) is 55.8 Å². The van der Waals surface area contributed by atoms with Gasteiger partial charge in [-0.1, -0.05) is 48.5 Å². The predicted molar refractivity (Wildman–Crippen MR) is 219 cm³/mol. The molecule has 0 radical (unpaired) electrons. The summed E-state index contributed by atoms with van der Waals surface area (Å²) in [5.74, 6) is 0.264. The Kier molecular flexibility index (Phi) is 13.3. The number of aryl methyl sites for hydroxylation is 1. The number of esters is 1. The number of piperazine rings is 1. The Morgan fingerprint density at radius 1 is 0.927 bits per heavy atom. The van der Waals surface area contributed by atoms with Gasteiger partial charge in [0.15, 0.2) is 5.69 Å². The zero-order valence-electron chi connectivity index (χ0n) is 31.8. The van der Waals surface area contributed by atoms with Crippen LogP contribution in [-0.4, -0.2) is 94.0 Å². The highest BCUT2D eigenvalue weighted by molar-refractivity contribution is 7.59. The first-order valence-corrected chi connectivity index (χ1v) is 18.0. The topological polar surface area (TPSA) is 151 Å². The van der Waals surface area contributed by atoms with E-state index >= 15 is 0 Å². The highest BCUT2D eigenvalue weighted by atomic mass is 32.1. The van der Waals surface area contributed by atoms with E-state index < -0.39 is 17.6 Å². The van der Waals surface area contributed by atoms with Crippen molar-refractivity contribution in [3.8, 4) is 0 Å². The Labute approximate surface area is 329 Å². The number of aliphatic imine (C=N–C) groups is 1. The average molecular weight is 765 g/mol. The molecular formula is C40H48N10O4S. The van der Waals surface area contributed by atoms with Gasteiger partial charge in [-0.15, -0.1) is 0 Å². The first-order chi connectivity index (χ1) is 25.9. The zero-order valence-corrected chi connectivity index (χ0v) is 32.8. The first-order valence-electron chi connectivity index (χ1n) is 18.0. The molecule has 1 amide bonds. The molecule has 2 aliphatic heterocycles. The van der Waals surface area contributed by atoms with Gasteiger partial charge in [0.2, 0.25) is 17.8 Å². The molecule has 1 saturated heterocycles. The van der Waals surface area contributed by atoms with Gasteiger partial charge in [-0.2, -0.15) is 28.4 Å². The number of fused-ring (bicyclic) bond motifs is 1. The van der Waals surface area contributed by atoms with Crippen molar-refractivity contribution in [1.29, 1.82) is 0 Å². The number of hydrogen-bond donors (Lipinski definition) is 3. The summed E-state index contributed by atoms with van der Waals surface area (Å²) in [5, 5.41) is 9.80. The molecule has 3 aromatic carbocycles. The van der Waals surface area contributed by atoms with Crippen LogP contribution in [0, 0.1) is 13.5 Å². The number of amides is 1. The number of hydrogen-bond acceptors (Lipinski definition) is 12. The third-order valence-corrected chi connectivity index (χ3v) is 8.91. The summed E-state index contributed by atoms with van der Waals surface area (Å²) < 4.78 is 10.7. The Morgan fingerprint density at radius 3 is 2.36 bits per heavy atom. The smallest absolute Gasteiger partial charge is 0.410 e. The number of rotatable bonds is 12. The van der Waals surface area contributed by atoms with Crippen molar-refractivity contribution in [3.63, 3.8) is 0 Å². The van der Waals surface area contributed by atoms with Gasteiger partial charge in [0.05, 0.1) is 25.9 Å². The summed E-state index contributed by atoms with van der Waals surface area (Å²) in [6.07, 6.45) is 0.728. The first kappa shape index (κ1) is 40.5. The largest absolute Gasteiger partial charge is 0.467 e. The van der Waals surface area contributed by atoms with Gasteiger partial charge in [0, 0.05) is 57.0 Å². The molecule has 1 aromatic heterocycles. The van der Waals surface area contributed by atoms with E-state index in [4.69, 9.17) is 21.0 Å². The summed E-state index contributed by atoms with van der Waals surface area (Å²) in [6.45, 7) is 18.7. The standard InChI is InChI=1S/C40H46N10O4.H2S/c1-26-10-13-29-23-32(43-33(29)20-26)24-42-36-46-37(48-38(47-36)45-34(35(51)53-6)22-27-11-14-30(41-5)15-12-27)44-31-9-7-8-28(21-31)25-49-16-18-50(19-17-49)39(52)54-40(2,3)4;/h7-15,20-21,34H,16-19,22-25H2,1-4,6H3,(H3,42,44,45,46,47,48);1H2/t34-;/m0./s1. The van der Waals surface area contributed by atoms with Gasteiger partial charge in [-0.3, -0.25) is 9.89 Å². The lowest BCUT2D eigenvalue weighted by Crippen LogP contribution is -2.49. The monoisotopic (exact) mass is 764 g/mol. The minimum atomic E-state index is -0.812. The molecule has 0 aliphatic carbocycles. The van der Waals surface area contributed by atoms with Crippen LogP contribution in [0.15, 0.2) is 71.7 Å². The van der Waals surface area contributed by atoms with Crippen LogP contribution in [0.5, 0.6) is 0 Å². The van der Waals surface area contributed by atoms with Crippen LogP contribution in [0.1, 0.15) is 43.0 Å². The molecule has 14 nitrogen and oxygen atoms in total. The van der Waals surface area contributed by atoms with E-state index in [2.05, 4.69) is 71.8 Å². The number of nitrogens with zero attached hydrogens (tertiary/aromatic N) is 7. The van der Waals surface area contributed by atoms with Gasteiger partial charge in [-0.25, -0.2) is 14.4 Å². The summed E-state index contributed by atoms with van der Waals surface area (Å²) in [6, 6.07) is 20.5. The lowest BCUT2D eigenvalue weighted by atomic mass is 10.1. The fourth-order valence-electron chi connectivity index (χ4n) is 6.20. The number of carbonyl (C=O) groups is 2. The van der Waals surface area contributed by atoms with E-state index in [1.807, 2.05) is 51.1 Å². The molecule has 55 heavy (non-hydrogen) atoms. The minimum absolute atomic E-state index is 0. The third-order valence-electron chi connectivity index (χ3n) is 8.91. The molecule has 1 atom stereocenters. The normalized spacial score (nSPS) is 14.4. The van der Waals surface area contributed by atoms with E-state index in [1.54, 1.807) is 17.0 Å². The van der Waals surface area contributed by atoms with Gasteiger partial charge in [0.1, 0.15) is 11.6 Å². The second kappa shape index (κ2) is 18.1. The van der Waals surface area contributed by atoms with E-state index in [0.29, 0.717) is 37.8 Å². The van der Waals surface area contributed by atoms with E-state index in [-0.39, 0.29) is 37.9 Å². The van der Waals surface area contributed by atoms with Crippen LogP contribution in [0.3, 0.4) is 0 Å². The number of methoxy groups -OCH3 is 1. The lowest BCUT2D eigenvalue weighted by molar-refractivity contribution is -0.141. The van der Waals surface area contributed by atoms with Crippen molar-refractivity contribution >= 4 is 66.2 Å². The second-order valence-corrected chi connectivity index (χ2v) is 14.4. The van der Waals surface area contributed by atoms with Gasteiger partial charge < -0.3 is 30.3 Å². The molecule has 15 heteroatoms. The van der Waals surface area contributed by atoms with Crippen LogP contribution in [0.2, 0.25) is 0 Å². The van der Waals surface area contributed by atoms with Gasteiger partial charge in [-0.05, 0) is 68.1 Å². The van der Waals surface area contributed by atoms with Crippen molar-refractivity contribution in [2.45, 2.75) is 58.7 Å². The predicted octanol–water partition coefficient (Wildman–Crippen LogP) is 6.58. The number of ether oxygens (including phenoxy) is 2. The molecule has 3 heterocycles. The van der Waals surface area contributed by atoms with Crippen LogP contribution < -0.4 is 16.0 Å². The molecule has 0 bridgehead atoms. The Morgan fingerprint density at radius 2 is 1.65 bits per heavy atom. The Bertz CT molecular complexity index is 2050. The van der Waals surface area contributed by atoms with Crippen molar-refractivity contribution in [3.05, 3.63) is 100 Å². The van der Waals surface area contributed by atoms with E-state index in [9.17, 15) is 9.59 Å². The van der Waals surface area contributed by atoms with Crippen LogP contribution in [0.4, 0.5) is 39.7 Å². The van der Waals surface area contributed by atoms with Crippen LogP contribution >= 0.6 is 13.5 Å². The van der Waals surface area contributed by atoms with Gasteiger partial charge >= 0.3 is 12.1 Å². The molecule has 1 fully saturated rings. The molecule has 6 rings (SSSR count).